The molecular formula is C19H26F2N2O4S. The minimum absolute atomic E-state index is 0.00283. The van der Waals surface area contributed by atoms with E-state index in [1.54, 1.807) is 0 Å². The number of likely N-dealkylation sites (N-methyl/N-ethyl adjacent to an activating group) is 1. The summed E-state index contributed by atoms with van der Waals surface area (Å²) in [4.78, 5) is 5.18. The van der Waals surface area contributed by atoms with Crippen molar-refractivity contribution in [2.24, 2.45) is 0 Å². The van der Waals surface area contributed by atoms with Gasteiger partial charge in [-0.15, -0.1) is 0 Å². The van der Waals surface area contributed by atoms with Gasteiger partial charge in [-0.3, -0.25) is 0 Å². The molecule has 6 nitrogen and oxygen atoms in total. The largest absolute Gasteiger partial charge is 0.490 e. The van der Waals surface area contributed by atoms with Crippen LogP contribution >= 0.6 is 0 Å². The van der Waals surface area contributed by atoms with Gasteiger partial charge in [-0.05, 0) is 50.1 Å². The smallest absolute Gasteiger partial charge is 0.345 e. The van der Waals surface area contributed by atoms with E-state index in [9.17, 15) is 17.2 Å². The Labute approximate surface area is 163 Å². The summed E-state index contributed by atoms with van der Waals surface area (Å²) in [7, 11) is -1.04. The van der Waals surface area contributed by atoms with Gasteiger partial charge in [-0.25, -0.2) is 8.42 Å². The van der Waals surface area contributed by atoms with Crippen LogP contribution in [-0.4, -0.2) is 69.3 Å². The molecule has 156 valence electrons. The summed E-state index contributed by atoms with van der Waals surface area (Å²) in [5.74, 6) is 1.09. The third kappa shape index (κ3) is 5.89. The molecule has 1 aliphatic heterocycles. The number of halogens is 2. The molecule has 0 unspecified atom stereocenters. The van der Waals surface area contributed by atoms with Crippen LogP contribution in [0.4, 0.5) is 8.78 Å². The Bertz CT molecular complexity index is 871. The molecule has 1 aromatic carbocycles. The van der Waals surface area contributed by atoms with Crippen LogP contribution in [-0.2, 0) is 21.0 Å². The van der Waals surface area contributed by atoms with E-state index in [-0.39, 0.29) is 24.2 Å². The first kappa shape index (κ1) is 21.0. The number of fused-ring (bicyclic) bond motifs is 1. The number of nitrogens with zero attached hydrogens (tertiary/aromatic N) is 1. The maximum Gasteiger partial charge on any atom is 0.345 e. The number of nitrogens with one attached hydrogen (secondary N) is 1. The second kappa shape index (κ2) is 9.19. The van der Waals surface area contributed by atoms with Gasteiger partial charge < -0.3 is 19.4 Å². The molecule has 3 rings (SSSR count). The number of benzene rings is 1. The molecule has 0 spiro atoms. The van der Waals surface area contributed by atoms with Gasteiger partial charge >= 0.3 is 6.61 Å². The van der Waals surface area contributed by atoms with Gasteiger partial charge in [0, 0.05) is 30.2 Å². The fraction of sp³-hybridized carbons (Fsp3) is 0.579. The number of rotatable bonds is 9. The Hall–Kier alpha value is -1.71. The Morgan fingerprint density at radius 3 is 2.71 bits per heavy atom. The minimum atomic E-state index is -2.91. The van der Waals surface area contributed by atoms with Crippen molar-refractivity contribution in [1.29, 1.82) is 0 Å². The van der Waals surface area contributed by atoms with Gasteiger partial charge in [0.25, 0.3) is 0 Å². The summed E-state index contributed by atoms with van der Waals surface area (Å²) >= 11 is 0. The first-order valence-electron chi connectivity index (χ1n) is 9.38. The highest BCUT2D eigenvalue weighted by Crippen LogP contribution is 2.27. The number of ether oxygens (including phenoxy) is 2. The van der Waals surface area contributed by atoms with Crippen molar-refractivity contribution in [3.63, 3.8) is 0 Å². The summed E-state index contributed by atoms with van der Waals surface area (Å²) < 4.78 is 57.4. The summed E-state index contributed by atoms with van der Waals surface area (Å²) in [6.07, 6.45) is 3.67. The Balaban J connectivity index is 1.58. The van der Waals surface area contributed by atoms with Gasteiger partial charge in [0.05, 0.1) is 18.1 Å². The zero-order chi connectivity index (χ0) is 20.1. The van der Waals surface area contributed by atoms with Crippen LogP contribution in [0.2, 0.25) is 0 Å². The van der Waals surface area contributed by atoms with E-state index in [1.807, 2.05) is 36.3 Å². The number of hydrogen-bond acceptors (Lipinski definition) is 5. The van der Waals surface area contributed by atoms with Gasteiger partial charge in [0.15, 0.2) is 9.84 Å². The number of sulfone groups is 1. The van der Waals surface area contributed by atoms with Crippen LogP contribution in [0.3, 0.4) is 0 Å². The molecule has 0 atom stereocenters. The molecule has 1 aliphatic rings. The first-order valence-corrected chi connectivity index (χ1v) is 11.2. The van der Waals surface area contributed by atoms with Crippen molar-refractivity contribution < 1.29 is 26.7 Å². The zero-order valence-electron chi connectivity index (χ0n) is 15.9. The lowest BCUT2D eigenvalue weighted by atomic mass is 10.1. The first-order chi connectivity index (χ1) is 13.3. The normalized spacial score (nSPS) is 17.6. The molecule has 28 heavy (non-hydrogen) atoms. The number of aromatic nitrogens is 1. The van der Waals surface area contributed by atoms with E-state index >= 15 is 0 Å². The topological polar surface area (TPSA) is 71.6 Å². The molecule has 1 fully saturated rings. The summed E-state index contributed by atoms with van der Waals surface area (Å²) in [5, 5.41) is 1.05. The second-order valence-corrected chi connectivity index (χ2v) is 9.48. The van der Waals surface area contributed by atoms with Crippen molar-refractivity contribution in [1.82, 2.24) is 9.88 Å². The van der Waals surface area contributed by atoms with Crippen molar-refractivity contribution in [3.05, 3.63) is 30.0 Å². The SMILES string of the molecule is CN(CCOC(F)F)CCc1c[nH]c2ccc(OC3CCS(=O)(=O)CC3)cc12. The summed E-state index contributed by atoms with van der Waals surface area (Å²) in [6.45, 7) is -1.59. The van der Waals surface area contributed by atoms with Crippen LogP contribution in [0.1, 0.15) is 18.4 Å². The molecule has 2 aromatic rings. The van der Waals surface area contributed by atoms with Crippen molar-refractivity contribution >= 4 is 20.7 Å². The fourth-order valence-corrected chi connectivity index (χ4v) is 4.79. The second-order valence-electron chi connectivity index (χ2n) is 7.18. The van der Waals surface area contributed by atoms with E-state index < -0.39 is 16.4 Å². The highest BCUT2D eigenvalue weighted by Gasteiger charge is 2.24. The summed E-state index contributed by atoms with van der Waals surface area (Å²) in [6, 6.07) is 5.82. The highest BCUT2D eigenvalue weighted by molar-refractivity contribution is 7.91. The maximum atomic E-state index is 12.0. The van der Waals surface area contributed by atoms with Crippen molar-refractivity contribution in [2.75, 3.05) is 38.2 Å². The lowest BCUT2D eigenvalue weighted by Gasteiger charge is -2.23. The zero-order valence-corrected chi connectivity index (χ0v) is 16.7. The average Bonchev–Trinajstić information content (AvgIpc) is 3.04. The van der Waals surface area contributed by atoms with E-state index in [2.05, 4.69) is 9.72 Å². The van der Waals surface area contributed by atoms with Crippen LogP contribution in [0.5, 0.6) is 5.75 Å². The molecular weight excluding hydrogens is 390 g/mol. The molecule has 0 aliphatic carbocycles. The van der Waals surface area contributed by atoms with Crippen LogP contribution in [0, 0.1) is 0 Å². The Morgan fingerprint density at radius 1 is 1.25 bits per heavy atom. The highest BCUT2D eigenvalue weighted by atomic mass is 32.2. The van der Waals surface area contributed by atoms with Crippen LogP contribution in [0.15, 0.2) is 24.4 Å². The molecule has 0 bridgehead atoms. The van der Waals surface area contributed by atoms with Crippen molar-refractivity contribution in [3.8, 4) is 5.75 Å². The fourth-order valence-electron chi connectivity index (χ4n) is 3.34. The predicted octanol–water partition coefficient (Wildman–Crippen LogP) is 2.84. The summed E-state index contributed by atoms with van der Waals surface area (Å²) in [5.41, 5.74) is 2.12. The molecule has 9 heteroatoms. The molecule has 0 amide bonds. The van der Waals surface area contributed by atoms with Gasteiger partial charge in [0.1, 0.15) is 11.9 Å². The number of alkyl halides is 2. The number of H-pyrrole nitrogens is 1. The average molecular weight is 416 g/mol. The van der Waals surface area contributed by atoms with E-state index in [1.165, 1.54) is 0 Å². The lowest BCUT2D eigenvalue weighted by Crippen LogP contribution is -2.30. The van der Waals surface area contributed by atoms with Crippen LogP contribution < -0.4 is 4.74 Å². The molecule has 0 saturated carbocycles. The van der Waals surface area contributed by atoms with E-state index in [0.717, 1.165) is 28.6 Å². The molecule has 1 aromatic heterocycles. The predicted molar refractivity (Wildman–Crippen MR) is 104 cm³/mol. The number of hydrogen-bond donors (Lipinski definition) is 1. The van der Waals surface area contributed by atoms with Gasteiger partial charge in [0.2, 0.25) is 0 Å². The third-order valence-electron chi connectivity index (χ3n) is 5.02. The van der Waals surface area contributed by atoms with Gasteiger partial charge in [-0.1, -0.05) is 0 Å². The molecule has 2 heterocycles. The standard InChI is InChI=1S/C19H26F2N2O4S/c1-23(8-9-26-19(20)21)7-4-14-13-22-18-3-2-16(12-17(14)18)27-15-5-10-28(24,25)11-6-15/h2-3,12-13,15,19,22H,4-11H2,1H3. The lowest BCUT2D eigenvalue weighted by molar-refractivity contribution is -0.131. The van der Waals surface area contributed by atoms with Crippen LogP contribution in [0.25, 0.3) is 10.9 Å². The van der Waals surface area contributed by atoms with E-state index in [4.69, 9.17) is 4.74 Å². The third-order valence-corrected chi connectivity index (χ3v) is 6.74. The quantitative estimate of drug-likeness (QED) is 0.681. The Morgan fingerprint density at radius 2 is 2.00 bits per heavy atom. The Kier molecular flexibility index (Phi) is 6.90. The minimum Gasteiger partial charge on any atom is -0.490 e. The van der Waals surface area contributed by atoms with Crippen molar-refractivity contribution in [2.45, 2.75) is 32.0 Å². The van der Waals surface area contributed by atoms with Gasteiger partial charge in [-0.2, -0.15) is 8.78 Å². The molecule has 1 N–H and O–H groups in total. The monoisotopic (exact) mass is 416 g/mol. The molecule has 1 saturated heterocycles. The van der Waals surface area contributed by atoms with E-state index in [0.29, 0.717) is 25.9 Å². The number of aromatic amines is 1. The molecule has 0 radical (unpaired) electrons. The maximum absolute atomic E-state index is 12.0.